The number of hydrogen-bond donors (Lipinski definition) is 3. The fourth-order valence-corrected chi connectivity index (χ4v) is 3.70. The van der Waals surface area contributed by atoms with Gasteiger partial charge in [-0.1, -0.05) is 37.3 Å². The van der Waals surface area contributed by atoms with Crippen molar-refractivity contribution < 1.29 is 19.8 Å². The Labute approximate surface area is 171 Å². The number of likely N-dealkylation sites (tertiary alicyclic amines) is 1. The van der Waals surface area contributed by atoms with E-state index >= 15 is 0 Å². The normalized spacial score (nSPS) is 15.8. The van der Waals surface area contributed by atoms with E-state index in [9.17, 15) is 14.7 Å². The van der Waals surface area contributed by atoms with E-state index in [-0.39, 0.29) is 5.91 Å². The van der Waals surface area contributed by atoms with Crippen molar-refractivity contribution in [3.8, 4) is 0 Å². The second-order valence-electron chi connectivity index (χ2n) is 7.43. The van der Waals surface area contributed by atoms with Crippen molar-refractivity contribution in [3.63, 3.8) is 0 Å². The van der Waals surface area contributed by atoms with Crippen molar-refractivity contribution in [1.82, 2.24) is 4.90 Å². The molecule has 0 radical (unpaired) electrons. The minimum Gasteiger partial charge on any atom is -0.393 e. The molecule has 1 atom stereocenters. The zero-order chi connectivity index (χ0) is 20.8. The van der Waals surface area contributed by atoms with Gasteiger partial charge in [-0.05, 0) is 54.5 Å². The zero-order valence-electron chi connectivity index (χ0n) is 16.7. The number of nitrogens with one attached hydrogen (secondary N) is 1. The van der Waals surface area contributed by atoms with Gasteiger partial charge < -0.3 is 20.4 Å². The Morgan fingerprint density at radius 3 is 2.55 bits per heavy atom. The fraction of sp³-hybridized carbons (Fsp3) is 0.391. The molecule has 0 saturated carbocycles. The summed E-state index contributed by atoms with van der Waals surface area (Å²) in [5.74, 6) is -0.298. The lowest BCUT2D eigenvalue weighted by Gasteiger charge is -2.32. The van der Waals surface area contributed by atoms with Crippen LogP contribution in [-0.4, -0.2) is 52.7 Å². The van der Waals surface area contributed by atoms with Gasteiger partial charge in [-0.25, -0.2) is 0 Å². The summed E-state index contributed by atoms with van der Waals surface area (Å²) in [6.45, 7) is 2.89. The Morgan fingerprint density at radius 2 is 1.86 bits per heavy atom. The number of piperidine rings is 1. The average molecular weight is 396 g/mol. The Bertz CT molecular complexity index is 859. The van der Waals surface area contributed by atoms with Gasteiger partial charge in [-0.15, -0.1) is 0 Å². The van der Waals surface area contributed by atoms with Gasteiger partial charge in [0.15, 0.2) is 6.10 Å². The van der Waals surface area contributed by atoms with E-state index in [0.717, 1.165) is 19.3 Å². The molecule has 29 heavy (non-hydrogen) atoms. The second kappa shape index (κ2) is 9.67. The van der Waals surface area contributed by atoms with E-state index in [0.29, 0.717) is 30.3 Å². The third-order valence-electron chi connectivity index (χ3n) is 5.47. The molecule has 0 spiro atoms. The molecule has 1 heterocycles. The SMILES string of the molecule is CCc1cccc(C2CCN(C(=O)c3cccc(NC(=O)C(O)CO)c3)CC2)c1. The Kier molecular flexibility index (Phi) is 7.01. The zero-order valence-corrected chi connectivity index (χ0v) is 16.7. The maximum absolute atomic E-state index is 12.9. The van der Waals surface area contributed by atoms with Crippen LogP contribution in [-0.2, 0) is 11.2 Å². The van der Waals surface area contributed by atoms with Crippen molar-refractivity contribution in [3.05, 3.63) is 65.2 Å². The van der Waals surface area contributed by atoms with Gasteiger partial charge in [0.2, 0.25) is 0 Å². The summed E-state index contributed by atoms with van der Waals surface area (Å²) in [6.07, 6.45) is 1.39. The summed E-state index contributed by atoms with van der Waals surface area (Å²) in [7, 11) is 0. The molecule has 2 aromatic carbocycles. The van der Waals surface area contributed by atoms with Crippen LogP contribution >= 0.6 is 0 Å². The number of rotatable bonds is 6. The number of nitrogens with zero attached hydrogens (tertiary/aromatic N) is 1. The van der Waals surface area contributed by atoms with Gasteiger partial charge >= 0.3 is 0 Å². The largest absolute Gasteiger partial charge is 0.393 e. The summed E-state index contributed by atoms with van der Waals surface area (Å²) in [6, 6.07) is 15.4. The summed E-state index contributed by atoms with van der Waals surface area (Å²) in [4.78, 5) is 26.5. The van der Waals surface area contributed by atoms with Crippen LogP contribution < -0.4 is 5.32 Å². The number of aryl methyl sites for hydroxylation is 1. The summed E-state index contributed by atoms with van der Waals surface area (Å²) in [5, 5.41) is 20.8. The van der Waals surface area contributed by atoms with Crippen LogP contribution in [0.1, 0.15) is 47.2 Å². The molecule has 1 aliphatic rings. The van der Waals surface area contributed by atoms with E-state index in [1.807, 2.05) is 4.90 Å². The van der Waals surface area contributed by atoms with Gasteiger partial charge in [-0.2, -0.15) is 0 Å². The minimum absolute atomic E-state index is 0.0652. The van der Waals surface area contributed by atoms with E-state index in [1.54, 1.807) is 24.3 Å². The van der Waals surface area contributed by atoms with Crippen LogP contribution in [0.5, 0.6) is 0 Å². The topological polar surface area (TPSA) is 89.9 Å². The molecule has 1 fully saturated rings. The smallest absolute Gasteiger partial charge is 0.255 e. The predicted octanol–water partition coefficient (Wildman–Crippen LogP) is 2.56. The molecule has 1 saturated heterocycles. The second-order valence-corrected chi connectivity index (χ2v) is 7.43. The standard InChI is InChI=1S/C23H28N2O4/c1-2-16-5-3-6-18(13-16)17-9-11-25(12-10-17)23(29)19-7-4-8-20(14-19)24-22(28)21(27)15-26/h3-8,13-14,17,21,26-27H,2,9-12,15H2,1H3,(H,24,28). The average Bonchev–Trinajstić information content (AvgIpc) is 2.78. The Morgan fingerprint density at radius 1 is 1.14 bits per heavy atom. The van der Waals surface area contributed by atoms with E-state index in [1.165, 1.54) is 11.1 Å². The van der Waals surface area contributed by atoms with Crippen molar-refractivity contribution in [2.45, 2.75) is 38.2 Å². The van der Waals surface area contributed by atoms with E-state index < -0.39 is 18.6 Å². The van der Waals surface area contributed by atoms with Gasteiger partial charge in [-0.3, -0.25) is 9.59 Å². The van der Waals surface area contributed by atoms with Crippen LogP contribution in [0, 0.1) is 0 Å². The van der Waals surface area contributed by atoms with Crippen LogP contribution in [0.4, 0.5) is 5.69 Å². The molecule has 2 aromatic rings. The number of carbonyl (C=O) groups excluding carboxylic acids is 2. The highest BCUT2D eigenvalue weighted by Gasteiger charge is 2.25. The number of aliphatic hydroxyl groups excluding tert-OH is 2. The molecule has 154 valence electrons. The molecule has 0 aromatic heterocycles. The monoisotopic (exact) mass is 396 g/mol. The molecule has 2 amide bonds. The quantitative estimate of drug-likeness (QED) is 0.700. The Hall–Kier alpha value is -2.70. The number of hydrogen-bond acceptors (Lipinski definition) is 4. The molecule has 0 bridgehead atoms. The van der Waals surface area contributed by atoms with Gasteiger partial charge in [0.25, 0.3) is 11.8 Å². The fourth-order valence-electron chi connectivity index (χ4n) is 3.70. The van der Waals surface area contributed by atoms with Crippen LogP contribution in [0.25, 0.3) is 0 Å². The maximum Gasteiger partial charge on any atom is 0.255 e. The summed E-state index contributed by atoms with van der Waals surface area (Å²) >= 11 is 0. The predicted molar refractivity (Wildman–Crippen MR) is 112 cm³/mol. The van der Waals surface area contributed by atoms with E-state index in [2.05, 4.69) is 36.5 Å². The molecule has 3 N–H and O–H groups in total. The number of amides is 2. The lowest BCUT2D eigenvalue weighted by molar-refractivity contribution is -0.125. The van der Waals surface area contributed by atoms with Gasteiger partial charge in [0.1, 0.15) is 0 Å². The summed E-state index contributed by atoms with van der Waals surface area (Å²) in [5.41, 5.74) is 3.60. The third-order valence-corrected chi connectivity index (χ3v) is 5.47. The lowest BCUT2D eigenvalue weighted by Crippen LogP contribution is -2.38. The van der Waals surface area contributed by atoms with Crippen LogP contribution in [0.15, 0.2) is 48.5 Å². The van der Waals surface area contributed by atoms with Crippen LogP contribution in [0.3, 0.4) is 0 Å². The highest BCUT2D eigenvalue weighted by molar-refractivity contribution is 5.98. The van der Waals surface area contributed by atoms with Gasteiger partial charge in [0, 0.05) is 24.3 Å². The van der Waals surface area contributed by atoms with Crippen LogP contribution in [0.2, 0.25) is 0 Å². The van der Waals surface area contributed by atoms with E-state index in [4.69, 9.17) is 5.11 Å². The Balaban J connectivity index is 1.62. The van der Waals surface area contributed by atoms with Gasteiger partial charge in [0.05, 0.1) is 6.61 Å². The molecule has 1 aliphatic heterocycles. The van der Waals surface area contributed by atoms with Crippen molar-refractivity contribution in [1.29, 1.82) is 0 Å². The number of carbonyl (C=O) groups is 2. The molecule has 0 aliphatic carbocycles. The number of aliphatic hydroxyl groups is 2. The molecule has 6 heteroatoms. The highest BCUT2D eigenvalue weighted by atomic mass is 16.3. The first-order valence-corrected chi connectivity index (χ1v) is 10.1. The first kappa shape index (κ1) is 21.0. The minimum atomic E-state index is -1.49. The van der Waals surface area contributed by atoms with Crippen molar-refractivity contribution in [2.75, 3.05) is 25.0 Å². The molecular weight excluding hydrogens is 368 g/mol. The molecular formula is C23H28N2O4. The number of anilines is 1. The third kappa shape index (κ3) is 5.22. The lowest BCUT2D eigenvalue weighted by atomic mass is 9.88. The molecule has 6 nitrogen and oxygen atoms in total. The first-order valence-electron chi connectivity index (χ1n) is 10.1. The number of benzene rings is 2. The summed E-state index contributed by atoms with van der Waals surface area (Å²) < 4.78 is 0. The highest BCUT2D eigenvalue weighted by Crippen LogP contribution is 2.29. The first-order chi connectivity index (χ1) is 14.0. The molecule has 3 rings (SSSR count). The van der Waals surface area contributed by atoms with Crippen molar-refractivity contribution >= 4 is 17.5 Å². The maximum atomic E-state index is 12.9. The van der Waals surface area contributed by atoms with Crippen molar-refractivity contribution in [2.24, 2.45) is 0 Å². The molecule has 1 unspecified atom stereocenters.